The largest absolute Gasteiger partial charge is 0.314 e. The number of nitriles is 1. The van der Waals surface area contributed by atoms with Crippen molar-refractivity contribution >= 4 is 5.78 Å². The first-order valence-electron chi connectivity index (χ1n) is 3.29. The third-order valence-corrected chi connectivity index (χ3v) is 1.37. The minimum absolute atomic E-state index is 0.104. The van der Waals surface area contributed by atoms with E-state index in [1.807, 2.05) is 0 Å². The fourth-order valence-corrected chi connectivity index (χ4v) is 0.807. The number of nitrogens with one attached hydrogen (secondary N) is 1. The Bertz CT molecular complexity index is 412. The summed E-state index contributed by atoms with van der Waals surface area (Å²) in [6, 6.07) is 4.28. The molecule has 4 heteroatoms. The van der Waals surface area contributed by atoms with Gasteiger partial charge in [-0.1, -0.05) is 0 Å². The lowest BCUT2D eigenvalue weighted by molar-refractivity contribution is 0.101. The summed E-state index contributed by atoms with van der Waals surface area (Å²) in [5.41, 5.74) is -0.0674. The molecule has 1 aromatic rings. The summed E-state index contributed by atoms with van der Waals surface area (Å²) >= 11 is 0. The van der Waals surface area contributed by atoms with E-state index in [1.54, 1.807) is 6.07 Å². The van der Waals surface area contributed by atoms with E-state index >= 15 is 0 Å². The number of carbonyl (C=O) groups excluding carboxylic acids is 1. The van der Waals surface area contributed by atoms with Crippen LogP contribution in [0.1, 0.15) is 23.0 Å². The van der Waals surface area contributed by atoms with Gasteiger partial charge in [0, 0.05) is 11.6 Å². The van der Waals surface area contributed by atoms with Crippen LogP contribution in [0.5, 0.6) is 0 Å². The van der Waals surface area contributed by atoms with Crippen LogP contribution in [0.3, 0.4) is 0 Å². The third-order valence-electron chi connectivity index (χ3n) is 1.37. The molecule has 1 rings (SSSR count). The maximum Gasteiger partial charge on any atom is 0.249 e. The molecule has 4 nitrogen and oxygen atoms in total. The lowest BCUT2D eigenvalue weighted by Crippen LogP contribution is -2.09. The molecule has 0 spiro atoms. The quantitative estimate of drug-likeness (QED) is 0.609. The van der Waals surface area contributed by atoms with Crippen molar-refractivity contribution in [1.29, 1.82) is 5.26 Å². The Balaban J connectivity index is 3.36. The van der Waals surface area contributed by atoms with Crippen LogP contribution in [0.15, 0.2) is 16.9 Å². The van der Waals surface area contributed by atoms with Crippen LogP contribution in [0, 0.1) is 11.3 Å². The summed E-state index contributed by atoms with van der Waals surface area (Å²) < 4.78 is 0. The molecule has 0 aliphatic rings. The fraction of sp³-hybridized carbons (Fsp3) is 0.125. The minimum atomic E-state index is -0.431. The van der Waals surface area contributed by atoms with Crippen LogP contribution >= 0.6 is 0 Å². The number of aromatic nitrogens is 1. The van der Waals surface area contributed by atoms with Crippen LogP contribution in [0.2, 0.25) is 0 Å². The topological polar surface area (TPSA) is 73.7 Å². The molecule has 0 saturated carbocycles. The van der Waals surface area contributed by atoms with E-state index in [2.05, 4.69) is 4.98 Å². The number of hydrogen-bond acceptors (Lipinski definition) is 3. The highest BCUT2D eigenvalue weighted by molar-refractivity contribution is 5.94. The van der Waals surface area contributed by atoms with Crippen LogP contribution in [0.4, 0.5) is 0 Å². The Morgan fingerprint density at radius 3 is 2.75 bits per heavy atom. The molecule has 0 aliphatic heterocycles. The van der Waals surface area contributed by atoms with E-state index in [9.17, 15) is 9.59 Å². The average Bonchev–Trinajstić information content (AvgIpc) is 2.03. The predicted octanol–water partition coefficient (Wildman–Crippen LogP) is 0.449. The van der Waals surface area contributed by atoms with Crippen molar-refractivity contribution in [3.05, 3.63) is 33.7 Å². The van der Waals surface area contributed by atoms with E-state index in [-0.39, 0.29) is 17.0 Å². The minimum Gasteiger partial charge on any atom is -0.314 e. The summed E-state index contributed by atoms with van der Waals surface area (Å²) in [4.78, 5) is 23.9. The van der Waals surface area contributed by atoms with E-state index in [4.69, 9.17) is 5.26 Å². The maximum absolute atomic E-state index is 10.8. The highest BCUT2D eigenvalue weighted by Gasteiger charge is 2.01. The molecule has 0 aliphatic carbocycles. The zero-order valence-corrected chi connectivity index (χ0v) is 6.42. The van der Waals surface area contributed by atoms with Gasteiger partial charge in [-0.25, -0.2) is 0 Å². The van der Waals surface area contributed by atoms with Crippen molar-refractivity contribution in [2.45, 2.75) is 6.92 Å². The number of ketones is 1. The van der Waals surface area contributed by atoms with E-state index in [0.717, 1.165) is 0 Å². The van der Waals surface area contributed by atoms with Crippen LogP contribution in [-0.2, 0) is 0 Å². The van der Waals surface area contributed by atoms with Gasteiger partial charge in [-0.05, 0) is 13.0 Å². The number of Topliss-reactive ketones (excluding diaryl/α,β-unsaturated/α-hetero) is 1. The molecule has 1 heterocycles. The zero-order valence-electron chi connectivity index (χ0n) is 6.42. The molecule has 0 saturated heterocycles. The maximum atomic E-state index is 10.8. The fourth-order valence-electron chi connectivity index (χ4n) is 0.807. The number of hydrogen-bond donors (Lipinski definition) is 1. The summed E-state index contributed by atoms with van der Waals surface area (Å²) in [6.07, 6.45) is 0. The summed E-state index contributed by atoms with van der Waals surface area (Å²) in [5.74, 6) is -0.224. The van der Waals surface area contributed by atoms with Gasteiger partial charge in [0.2, 0.25) is 5.56 Å². The molecule has 0 atom stereocenters. The summed E-state index contributed by atoms with van der Waals surface area (Å²) in [5, 5.41) is 8.44. The number of nitrogens with zero attached hydrogens (tertiary/aromatic N) is 1. The van der Waals surface area contributed by atoms with Gasteiger partial charge in [0.1, 0.15) is 11.8 Å². The molecular formula is C8H6N2O2. The Labute approximate surface area is 68.5 Å². The van der Waals surface area contributed by atoms with Crippen molar-refractivity contribution in [3.63, 3.8) is 0 Å². The van der Waals surface area contributed by atoms with Gasteiger partial charge in [-0.3, -0.25) is 9.59 Å². The molecule has 12 heavy (non-hydrogen) atoms. The molecule has 0 unspecified atom stereocenters. The van der Waals surface area contributed by atoms with Gasteiger partial charge in [-0.2, -0.15) is 5.26 Å². The first-order valence-corrected chi connectivity index (χ1v) is 3.29. The predicted molar refractivity (Wildman–Crippen MR) is 41.8 cm³/mol. The number of rotatable bonds is 1. The monoisotopic (exact) mass is 162 g/mol. The highest BCUT2D eigenvalue weighted by atomic mass is 16.1. The van der Waals surface area contributed by atoms with Gasteiger partial charge in [-0.15, -0.1) is 0 Å². The van der Waals surface area contributed by atoms with Gasteiger partial charge < -0.3 is 4.98 Å². The standard InChI is InChI=1S/C8H6N2O2/c1-5(11)6-2-7(4-9)10-8(12)3-6/h2-3H,1H3,(H,10,12). The Morgan fingerprint density at radius 2 is 2.25 bits per heavy atom. The van der Waals surface area contributed by atoms with Crippen LogP contribution in [-0.4, -0.2) is 10.8 Å². The Morgan fingerprint density at radius 1 is 1.58 bits per heavy atom. The molecule has 0 bridgehead atoms. The molecule has 0 fully saturated rings. The second-order valence-electron chi connectivity index (χ2n) is 2.31. The zero-order chi connectivity index (χ0) is 9.14. The molecule has 0 radical (unpaired) electrons. The molecule has 60 valence electrons. The Kier molecular flexibility index (Phi) is 2.06. The first kappa shape index (κ1) is 8.21. The number of H-pyrrole nitrogens is 1. The number of aromatic amines is 1. The normalized spacial score (nSPS) is 9.00. The average molecular weight is 162 g/mol. The second-order valence-corrected chi connectivity index (χ2v) is 2.31. The Hall–Kier alpha value is -1.89. The molecule has 0 aromatic carbocycles. The van der Waals surface area contributed by atoms with Crippen molar-refractivity contribution in [2.24, 2.45) is 0 Å². The summed E-state index contributed by atoms with van der Waals surface area (Å²) in [6.45, 7) is 1.34. The second kappa shape index (κ2) is 3.01. The number of carbonyl (C=O) groups is 1. The lowest BCUT2D eigenvalue weighted by Gasteiger charge is -1.93. The van der Waals surface area contributed by atoms with E-state index in [0.29, 0.717) is 0 Å². The smallest absolute Gasteiger partial charge is 0.249 e. The highest BCUT2D eigenvalue weighted by Crippen LogP contribution is 1.97. The molecule has 0 amide bonds. The van der Waals surface area contributed by atoms with Gasteiger partial charge >= 0.3 is 0 Å². The van der Waals surface area contributed by atoms with Crippen LogP contribution in [0.25, 0.3) is 0 Å². The third kappa shape index (κ3) is 1.58. The van der Waals surface area contributed by atoms with Gasteiger partial charge in [0.15, 0.2) is 5.78 Å². The van der Waals surface area contributed by atoms with Crippen LogP contribution < -0.4 is 5.56 Å². The van der Waals surface area contributed by atoms with Crippen molar-refractivity contribution in [3.8, 4) is 6.07 Å². The molecule has 1 aromatic heterocycles. The molecular weight excluding hydrogens is 156 g/mol. The SMILES string of the molecule is CC(=O)c1cc(C#N)[nH]c(=O)c1. The number of pyridine rings is 1. The lowest BCUT2D eigenvalue weighted by atomic mass is 10.2. The van der Waals surface area contributed by atoms with Gasteiger partial charge in [0.25, 0.3) is 0 Å². The first-order chi connectivity index (χ1) is 5.63. The molecule has 1 N–H and O–H groups in total. The van der Waals surface area contributed by atoms with Crippen molar-refractivity contribution in [2.75, 3.05) is 0 Å². The van der Waals surface area contributed by atoms with E-state index in [1.165, 1.54) is 19.1 Å². The summed E-state index contributed by atoms with van der Waals surface area (Å²) in [7, 11) is 0. The van der Waals surface area contributed by atoms with Crippen molar-refractivity contribution < 1.29 is 4.79 Å². The van der Waals surface area contributed by atoms with Crippen molar-refractivity contribution in [1.82, 2.24) is 4.98 Å². The van der Waals surface area contributed by atoms with E-state index < -0.39 is 5.56 Å². The van der Waals surface area contributed by atoms with Gasteiger partial charge in [0.05, 0.1) is 0 Å².